The molecular weight excluding hydrogens is 240 g/mol. The lowest BCUT2D eigenvalue weighted by Crippen LogP contribution is -2.25. The van der Waals surface area contributed by atoms with Crippen LogP contribution in [0.3, 0.4) is 0 Å². The zero-order valence-corrected chi connectivity index (χ0v) is 11.6. The maximum Gasteiger partial charge on any atom is 0.253 e. The van der Waals surface area contributed by atoms with E-state index in [4.69, 9.17) is 0 Å². The second-order valence-corrected chi connectivity index (χ2v) is 5.26. The second-order valence-electron chi connectivity index (χ2n) is 5.26. The summed E-state index contributed by atoms with van der Waals surface area (Å²) in [5.41, 5.74) is 0.630. The number of nitrogens with one attached hydrogen (secondary N) is 2. The number of pyridine rings is 1. The van der Waals surface area contributed by atoms with Crippen LogP contribution in [0.1, 0.15) is 29.6 Å². The van der Waals surface area contributed by atoms with Gasteiger partial charge >= 0.3 is 0 Å². The van der Waals surface area contributed by atoms with Crippen LogP contribution in [0.25, 0.3) is 0 Å². The fraction of sp³-hybridized carbons (Fsp3) is 0.571. The highest BCUT2D eigenvalue weighted by atomic mass is 16.1. The van der Waals surface area contributed by atoms with Crippen molar-refractivity contribution in [2.45, 2.75) is 25.3 Å². The maximum atomic E-state index is 11.8. The summed E-state index contributed by atoms with van der Waals surface area (Å²) in [6.07, 6.45) is 4.90. The first-order valence-corrected chi connectivity index (χ1v) is 6.80. The van der Waals surface area contributed by atoms with E-state index in [0.717, 1.165) is 38.2 Å². The molecule has 2 N–H and O–H groups in total. The molecule has 0 aromatic carbocycles. The lowest BCUT2D eigenvalue weighted by atomic mass is 10.2. The van der Waals surface area contributed by atoms with Gasteiger partial charge in [0.2, 0.25) is 0 Å². The van der Waals surface area contributed by atoms with Gasteiger partial charge in [0.25, 0.3) is 5.91 Å². The van der Waals surface area contributed by atoms with Crippen molar-refractivity contribution in [1.82, 2.24) is 15.2 Å². The summed E-state index contributed by atoms with van der Waals surface area (Å²) < 4.78 is 0. The highest BCUT2D eigenvalue weighted by Gasteiger charge is 2.23. The Labute approximate surface area is 114 Å². The van der Waals surface area contributed by atoms with Crippen molar-refractivity contribution < 1.29 is 4.79 Å². The first-order chi connectivity index (χ1) is 9.15. The van der Waals surface area contributed by atoms with Crippen molar-refractivity contribution in [2.24, 2.45) is 0 Å². The Bertz CT molecular complexity index is 412. The average Bonchev–Trinajstić information content (AvgIpc) is 3.19. The number of rotatable bonds is 7. The molecule has 1 heterocycles. The molecule has 2 rings (SSSR count). The van der Waals surface area contributed by atoms with Gasteiger partial charge in [0.1, 0.15) is 5.82 Å². The number of anilines is 1. The van der Waals surface area contributed by atoms with Crippen LogP contribution in [0, 0.1) is 0 Å². The predicted molar refractivity (Wildman–Crippen MR) is 76.4 cm³/mol. The van der Waals surface area contributed by atoms with Gasteiger partial charge in [-0.05, 0) is 52.0 Å². The number of amides is 1. The zero-order valence-electron chi connectivity index (χ0n) is 11.6. The van der Waals surface area contributed by atoms with Crippen LogP contribution in [-0.4, -0.2) is 49.0 Å². The van der Waals surface area contributed by atoms with Gasteiger partial charge in [-0.2, -0.15) is 0 Å². The quantitative estimate of drug-likeness (QED) is 0.728. The Morgan fingerprint density at radius 1 is 1.42 bits per heavy atom. The van der Waals surface area contributed by atoms with Gasteiger partial charge in [-0.15, -0.1) is 0 Å². The largest absolute Gasteiger partial charge is 0.370 e. The maximum absolute atomic E-state index is 11.8. The lowest BCUT2D eigenvalue weighted by molar-refractivity contribution is 0.0951. The molecule has 1 aliphatic carbocycles. The molecule has 5 nitrogen and oxygen atoms in total. The predicted octanol–water partition coefficient (Wildman–Crippen LogP) is 1.34. The molecule has 1 amide bonds. The third-order valence-electron chi connectivity index (χ3n) is 3.03. The lowest BCUT2D eigenvalue weighted by Gasteiger charge is -2.10. The van der Waals surface area contributed by atoms with E-state index in [1.165, 1.54) is 0 Å². The summed E-state index contributed by atoms with van der Waals surface area (Å²) in [4.78, 5) is 18.2. The number of aromatic nitrogens is 1. The van der Waals surface area contributed by atoms with Crippen molar-refractivity contribution >= 4 is 11.7 Å². The molecule has 0 saturated heterocycles. The number of carbonyl (C=O) groups excluding carboxylic acids is 1. The topological polar surface area (TPSA) is 57.3 Å². The monoisotopic (exact) mass is 262 g/mol. The Hall–Kier alpha value is -1.62. The van der Waals surface area contributed by atoms with E-state index in [9.17, 15) is 4.79 Å². The van der Waals surface area contributed by atoms with Crippen molar-refractivity contribution in [3.8, 4) is 0 Å². The summed E-state index contributed by atoms with van der Waals surface area (Å²) >= 11 is 0. The highest BCUT2D eigenvalue weighted by Crippen LogP contribution is 2.19. The molecule has 1 fully saturated rings. The van der Waals surface area contributed by atoms with E-state index >= 15 is 0 Å². The van der Waals surface area contributed by atoms with Crippen LogP contribution in [-0.2, 0) is 0 Å². The number of carbonyl (C=O) groups is 1. The Balaban J connectivity index is 1.75. The van der Waals surface area contributed by atoms with Gasteiger partial charge in [0.15, 0.2) is 0 Å². The van der Waals surface area contributed by atoms with Gasteiger partial charge in [0.05, 0.1) is 5.56 Å². The van der Waals surface area contributed by atoms with E-state index in [0.29, 0.717) is 11.6 Å². The summed E-state index contributed by atoms with van der Waals surface area (Å²) in [5, 5.41) is 6.20. The summed E-state index contributed by atoms with van der Waals surface area (Å²) in [6.45, 7) is 1.94. The van der Waals surface area contributed by atoms with Gasteiger partial charge in [-0.1, -0.05) is 0 Å². The normalized spacial score (nSPS) is 14.5. The molecule has 1 aromatic heterocycles. The van der Waals surface area contributed by atoms with Gasteiger partial charge in [0, 0.05) is 18.8 Å². The molecule has 0 unspecified atom stereocenters. The molecule has 0 radical (unpaired) electrons. The first kappa shape index (κ1) is 13.8. The minimum atomic E-state index is -0.0193. The van der Waals surface area contributed by atoms with Crippen molar-refractivity contribution in [3.63, 3.8) is 0 Å². The van der Waals surface area contributed by atoms with Gasteiger partial charge in [-0.25, -0.2) is 4.98 Å². The summed E-state index contributed by atoms with van der Waals surface area (Å²) in [7, 11) is 4.12. The van der Waals surface area contributed by atoms with Crippen LogP contribution in [0.5, 0.6) is 0 Å². The van der Waals surface area contributed by atoms with Crippen molar-refractivity contribution in [3.05, 3.63) is 23.9 Å². The fourth-order valence-corrected chi connectivity index (χ4v) is 1.74. The summed E-state index contributed by atoms with van der Waals surface area (Å²) in [6, 6.07) is 4.06. The van der Waals surface area contributed by atoms with E-state index in [-0.39, 0.29) is 5.91 Å². The molecule has 0 spiro atoms. The standard InChI is InChI=1S/C14H22N4O/c1-18(2)9-3-8-15-13-7-4-11(10-16-13)14(19)17-12-5-6-12/h4,7,10,12H,3,5-6,8-9H2,1-2H3,(H,15,16)(H,17,19). The second kappa shape index (κ2) is 6.52. The highest BCUT2D eigenvalue weighted by molar-refractivity contribution is 5.94. The van der Waals surface area contributed by atoms with Gasteiger partial charge in [-0.3, -0.25) is 4.79 Å². The van der Waals surface area contributed by atoms with Gasteiger partial charge < -0.3 is 15.5 Å². The molecule has 1 aromatic rings. The van der Waals surface area contributed by atoms with Crippen LogP contribution >= 0.6 is 0 Å². The minimum absolute atomic E-state index is 0.0193. The Morgan fingerprint density at radius 2 is 2.21 bits per heavy atom. The number of hydrogen-bond acceptors (Lipinski definition) is 4. The fourth-order valence-electron chi connectivity index (χ4n) is 1.74. The van der Waals surface area contributed by atoms with Crippen LogP contribution in [0.2, 0.25) is 0 Å². The van der Waals surface area contributed by atoms with E-state index in [1.54, 1.807) is 6.20 Å². The zero-order chi connectivity index (χ0) is 13.7. The molecule has 1 saturated carbocycles. The smallest absolute Gasteiger partial charge is 0.253 e. The summed E-state index contributed by atoms with van der Waals surface area (Å²) in [5.74, 6) is 0.802. The number of nitrogens with zero attached hydrogens (tertiary/aromatic N) is 2. The molecule has 0 bridgehead atoms. The molecule has 0 aliphatic heterocycles. The Morgan fingerprint density at radius 3 is 2.79 bits per heavy atom. The molecule has 104 valence electrons. The third-order valence-corrected chi connectivity index (χ3v) is 3.03. The average molecular weight is 262 g/mol. The van der Waals surface area contributed by atoms with E-state index < -0.39 is 0 Å². The van der Waals surface area contributed by atoms with Crippen LogP contribution in [0.15, 0.2) is 18.3 Å². The molecular formula is C14H22N4O. The third kappa shape index (κ3) is 4.87. The molecule has 5 heteroatoms. The minimum Gasteiger partial charge on any atom is -0.370 e. The number of hydrogen-bond donors (Lipinski definition) is 2. The molecule has 1 aliphatic rings. The van der Waals surface area contributed by atoms with E-state index in [1.807, 2.05) is 12.1 Å². The SMILES string of the molecule is CN(C)CCCNc1ccc(C(=O)NC2CC2)cn1. The van der Waals surface area contributed by atoms with Crippen molar-refractivity contribution in [1.29, 1.82) is 0 Å². The van der Waals surface area contributed by atoms with E-state index in [2.05, 4.69) is 34.6 Å². The first-order valence-electron chi connectivity index (χ1n) is 6.80. The van der Waals surface area contributed by atoms with Crippen LogP contribution in [0.4, 0.5) is 5.82 Å². The van der Waals surface area contributed by atoms with Crippen molar-refractivity contribution in [2.75, 3.05) is 32.5 Å². The Kier molecular flexibility index (Phi) is 4.74. The molecule has 19 heavy (non-hydrogen) atoms. The molecule has 0 atom stereocenters. The van der Waals surface area contributed by atoms with Crippen LogP contribution < -0.4 is 10.6 Å².